The molecule has 4 saturated carbocycles. The molecule has 4 aliphatic rings. The van der Waals surface area contributed by atoms with E-state index in [0.29, 0.717) is 23.6 Å². The van der Waals surface area contributed by atoms with Crippen LogP contribution in [-0.2, 0) is 10.0 Å². The van der Waals surface area contributed by atoms with E-state index in [1.54, 1.807) is 0 Å². The van der Waals surface area contributed by atoms with Crippen LogP contribution in [0, 0.1) is 17.8 Å². The van der Waals surface area contributed by atoms with Gasteiger partial charge in [-0.2, -0.15) is 0 Å². The predicted molar refractivity (Wildman–Crippen MR) is 79.9 cm³/mol. The van der Waals surface area contributed by atoms with Gasteiger partial charge in [-0.05, 0) is 68.4 Å². The molecule has 1 heterocycles. The maximum absolute atomic E-state index is 12.6. The standard InChI is InChI=1S/C15H21N3O2S/c16-14-2-1-13(9-17-14)21(19,20)18-15-6-10-3-11(7-15)5-12(4-10)8-15/h1-2,9-12,18H,3-8H2,(H2,16,17). The number of anilines is 1. The summed E-state index contributed by atoms with van der Waals surface area (Å²) in [5.74, 6) is 2.47. The van der Waals surface area contributed by atoms with E-state index in [4.69, 9.17) is 5.73 Å². The number of rotatable bonds is 3. The molecule has 0 atom stereocenters. The summed E-state index contributed by atoms with van der Waals surface area (Å²) in [6, 6.07) is 3.07. The molecule has 6 heteroatoms. The highest BCUT2D eigenvalue weighted by atomic mass is 32.2. The van der Waals surface area contributed by atoms with Crippen molar-refractivity contribution in [3.05, 3.63) is 18.3 Å². The molecular weight excluding hydrogens is 286 g/mol. The van der Waals surface area contributed by atoms with Crippen LogP contribution in [0.3, 0.4) is 0 Å². The number of pyridine rings is 1. The van der Waals surface area contributed by atoms with Crippen LogP contribution < -0.4 is 10.5 Å². The molecule has 4 bridgehead atoms. The van der Waals surface area contributed by atoms with Crippen LogP contribution in [0.2, 0.25) is 0 Å². The Bertz CT molecular complexity index is 619. The van der Waals surface area contributed by atoms with Crippen molar-refractivity contribution in [1.82, 2.24) is 9.71 Å². The summed E-state index contributed by atoms with van der Waals surface area (Å²) in [4.78, 5) is 4.11. The van der Waals surface area contributed by atoms with E-state index < -0.39 is 10.0 Å². The predicted octanol–water partition coefficient (Wildman–Crippen LogP) is 1.91. The highest BCUT2D eigenvalue weighted by Gasteiger charge is 2.52. The van der Waals surface area contributed by atoms with E-state index in [1.807, 2.05) is 0 Å². The first-order valence-corrected chi connectivity index (χ1v) is 9.18. The van der Waals surface area contributed by atoms with Crippen molar-refractivity contribution < 1.29 is 8.42 Å². The zero-order chi connectivity index (χ0) is 14.7. The number of nitrogen functional groups attached to an aromatic ring is 1. The van der Waals surface area contributed by atoms with Crippen molar-refractivity contribution in [1.29, 1.82) is 0 Å². The summed E-state index contributed by atoms with van der Waals surface area (Å²) in [5.41, 5.74) is 5.32. The maximum atomic E-state index is 12.6. The quantitative estimate of drug-likeness (QED) is 0.893. The van der Waals surface area contributed by atoms with Crippen LogP contribution in [0.25, 0.3) is 0 Å². The number of nitrogens with one attached hydrogen (secondary N) is 1. The molecule has 0 aromatic carbocycles. The molecule has 1 aromatic rings. The summed E-state index contributed by atoms with van der Waals surface area (Å²) in [6.07, 6.45) is 8.24. The molecule has 1 aromatic heterocycles. The van der Waals surface area contributed by atoms with Crippen LogP contribution in [0.15, 0.2) is 23.2 Å². The molecule has 5 rings (SSSR count). The Kier molecular flexibility index (Phi) is 2.85. The molecule has 0 saturated heterocycles. The fraction of sp³-hybridized carbons (Fsp3) is 0.667. The van der Waals surface area contributed by atoms with Gasteiger partial charge in [0.2, 0.25) is 10.0 Å². The second-order valence-electron chi connectivity index (χ2n) is 7.22. The molecule has 21 heavy (non-hydrogen) atoms. The lowest BCUT2D eigenvalue weighted by atomic mass is 9.53. The Hall–Kier alpha value is -1.14. The van der Waals surface area contributed by atoms with Crippen LogP contribution in [0.4, 0.5) is 5.82 Å². The SMILES string of the molecule is Nc1ccc(S(=O)(=O)NC23CC4CC(CC(C4)C2)C3)cn1. The van der Waals surface area contributed by atoms with Gasteiger partial charge >= 0.3 is 0 Å². The first-order chi connectivity index (χ1) is 9.94. The van der Waals surface area contributed by atoms with E-state index >= 15 is 0 Å². The van der Waals surface area contributed by atoms with Crippen molar-refractivity contribution >= 4 is 15.8 Å². The number of aromatic nitrogens is 1. The minimum atomic E-state index is -3.51. The van der Waals surface area contributed by atoms with Gasteiger partial charge < -0.3 is 5.73 Å². The van der Waals surface area contributed by atoms with Gasteiger partial charge in [0, 0.05) is 11.7 Å². The summed E-state index contributed by atoms with van der Waals surface area (Å²) in [5, 5.41) is 0. The molecule has 3 N–H and O–H groups in total. The van der Waals surface area contributed by atoms with Crippen molar-refractivity contribution in [2.45, 2.75) is 49.0 Å². The molecule has 4 aliphatic carbocycles. The molecule has 0 amide bonds. The normalized spacial score (nSPS) is 37.8. The number of nitrogens with zero attached hydrogens (tertiary/aromatic N) is 1. The van der Waals surface area contributed by atoms with Gasteiger partial charge in [0.25, 0.3) is 0 Å². The minimum absolute atomic E-state index is 0.213. The van der Waals surface area contributed by atoms with Gasteiger partial charge in [-0.25, -0.2) is 18.1 Å². The lowest BCUT2D eigenvalue weighted by Gasteiger charge is -2.56. The van der Waals surface area contributed by atoms with E-state index in [9.17, 15) is 8.42 Å². The second kappa shape index (κ2) is 4.43. The Balaban J connectivity index is 1.61. The average molecular weight is 307 g/mol. The van der Waals surface area contributed by atoms with Gasteiger partial charge in [0.15, 0.2) is 0 Å². The molecule has 0 aliphatic heterocycles. The van der Waals surface area contributed by atoms with E-state index in [1.165, 1.54) is 37.6 Å². The molecule has 0 spiro atoms. The number of nitrogens with two attached hydrogens (primary N) is 1. The fourth-order valence-corrected chi connectivity index (χ4v) is 6.51. The summed E-state index contributed by atoms with van der Waals surface area (Å²) in [6.45, 7) is 0. The van der Waals surface area contributed by atoms with Crippen molar-refractivity contribution in [3.63, 3.8) is 0 Å². The molecule has 5 nitrogen and oxygen atoms in total. The van der Waals surface area contributed by atoms with Gasteiger partial charge in [-0.1, -0.05) is 0 Å². The third-order valence-corrected chi connectivity index (χ3v) is 7.02. The lowest BCUT2D eigenvalue weighted by Crippen LogP contribution is -2.59. The Labute approximate surface area is 125 Å². The molecular formula is C15H21N3O2S. The Morgan fingerprint density at radius 1 is 1.10 bits per heavy atom. The molecule has 0 radical (unpaired) electrons. The van der Waals surface area contributed by atoms with Gasteiger partial charge in [0.1, 0.15) is 10.7 Å². The number of hydrogen-bond acceptors (Lipinski definition) is 4. The van der Waals surface area contributed by atoms with Crippen LogP contribution in [-0.4, -0.2) is 18.9 Å². The fourth-order valence-electron chi connectivity index (χ4n) is 5.13. The van der Waals surface area contributed by atoms with Crippen LogP contribution in [0.5, 0.6) is 0 Å². The second-order valence-corrected chi connectivity index (χ2v) is 8.90. The molecule has 4 fully saturated rings. The van der Waals surface area contributed by atoms with Crippen LogP contribution in [0.1, 0.15) is 38.5 Å². The Morgan fingerprint density at radius 2 is 1.67 bits per heavy atom. The van der Waals surface area contributed by atoms with E-state index in [2.05, 4.69) is 9.71 Å². The highest BCUT2D eigenvalue weighted by molar-refractivity contribution is 7.89. The van der Waals surface area contributed by atoms with Crippen molar-refractivity contribution in [2.75, 3.05) is 5.73 Å². The van der Waals surface area contributed by atoms with Crippen molar-refractivity contribution in [3.8, 4) is 0 Å². The first-order valence-electron chi connectivity index (χ1n) is 7.70. The van der Waals surface area contributed by atoms with Gasteiger partial charge in [-0.15, -0.1) is 0 Å². The van der Waals surface area contributed by atoms with E-state index in [-0.39, 0.29) is 10.4 Å². The zero-order valence-corrected chi connectivity index (χ0v) is 12.8. The van der Waals surface area contributed by atoms with Crippen molar-refractivity contribution in [2.24, 2.45) is 17.8 Å². The molecule has 114 valence electrons. The van der Waals surface area contributed by atoms with Gasteiger partial charge in [-0.3, -0.25) is 0 Å². The Morgan fingerprint density at radius 3 is 2.14 bits per heavy atom. The summed E-state index contributed by atoms with van der Waals surface area (Å²) < 4.78 is 28.3. The minimum Gasteiger partial charge on any atom is -0.384 e. The van der Waals surface area contributed by atoms with Crippen LogP contribution >= 0.6 is 0 Å². The number of sulfonamides is 1. The molecule has 0 unspecified atom stereocenters. The maximum Gasteiger partial charge on any atom is 0.242 e. The largest absolute Gasteiger partial charge is 0.384 e. The average Bonchev–Trinajstić information content (AvgIpc) is 2.36. The summed E-state index contributed by atoms with van der Waals surface area (Å²) >= 11 is 0. The highest BCUT2D eigenvalue weighted by Crippen LogP contribution is 2.55. The third kappa shape index (κ3) is 2.34. The zero-order valence-electron chi connectivity index (χ0n) is 12.0. The lowest BCUT2D eigenvalue weighted by molar-refractivity contribution is -0.00810. The monoisotopic (exact) mass is 307 g/mol. The first kappa shape index (κ1) is 13.5. The van der Waals surface area contributed by atoms with E-state index in [0.717, 1.165) is 19.3 Å². The summed E-state index contributed by atoms with van der Waals surface area (Å²) in [7, 11) is -3.51. The van der Waals surface area contributed by atoms with Gasteiger partial charge in [0.05, 0.1) is 0 Å². The topological polar surface area (TPSA) is 85.1 Å². The smallest absolute Gasteiger partial charge is 0.242 e. The number of hydrogen-bond donors (Lipinski definition) is 2. The third-order valence-electron chi connectivity index (χ3n) is 5.46.